The van der Waals surface area contributed by atoms with Crippen LogP contribution < -0.4 is 14.8 Å². The van der Waals surface area contributed by atoms with Gasteiger partial charge < -0.3 is 19.5 Å². The molecule has 0 aromatic heterocycles. The fraction of sp³-hybridized carbons (Fsp3) is 0.625. The molecule has 0 spiro atoms. The van der Waals surface area contributed by atoms with Crippen LogP contribution >= 0.6 is 0 Å². The fourth-order valence-electron chi connectivity index (χ4n) is 1.97. The van der Waals surface area contributed by atoms with Crippen molar-refractivity contribution in [2.45, 2.75) is 39.3 Å². The Morgan fingerprint density at radius 3 is 2.45 bits per heavy atom. The summed E-state index contributed by atoms with van der Waals surface area (Å²) in [6.45, 7) is 6.62. The molecule has 4 heteroatoms. The van der Waals surface area contributed by atoms with Gasteiger partial charge in [-0.25, -0.2) is 0 Å². The normalized spacial score (nSPS) is 10.8. The van der Waals surface area contributed by atoms with Gasteiger partial charge in [0, 0.05) is 20.2 Å². The zero-order chi connectivity index (χ0) is 14.8. The summed E-state index contributed by atoms with van der Waals surface area (Å²) in [5, 5.41) is 3.33. The molecule has 0 amide bonds. The van der Waals surface area contributed by atoms with Crippen molar-refractivity contribution in [3.63, 3.8) is 0 Å². The lowest BCUT2D eigenvalue weighted by Crippen LogP contribution is -2.19. The van der Waals surface area contributed by atoms with Crippen molar-refractivity contribution in [1.82, 2.24) is 5.32 Å². The van der Waals surface area contributed by atoms with Crippen LogP contribution in [-0.2, 0) is 11.3 Å². The molecule has 0 aliphatic heterocycles. The van der Waals surface area contributed by atoms with Crippen LogP contribution in [0.25, 0.3) is 0 Å². The molecule has 1 rings (SSSR count). The monoisotopic (exact) mass is 281 g/mol. The van der Waals surface area contributed by atoms with E-state index in [4.69, 9.17) is 14.2 Å². The van der Waals surface area contributed by atoms with Crippen molar-refractivity contribution >= 4 is 0 Å². The molecular weight excluding hydrogens is 254 g/mol. The number of hydrogen-bond acceptors (Lipinski definition) is 4. The molecule has 0 heterocycles. The average Bonchev–Trinajstić information content (AvgIpc) is 2.49. The van der Waals surface area contributed by atoms with Gasteiger partial charge in [0.25, 0.3) is 0 Å². The zero-order valence-corrected chi connectivity index (χ0v) is 13.1. The SMILES string of the molecule is CCC(CC)Oc1cc(CNCCOC)ccc1OC. The smallest absolute Gasteiger partial charge is 0.161 e. The summed E-state index contributed by atoms with van der Waals surface area (Å²) in [6.07, 6.45) is 2.23. The molecule has 0 radical (unpaired) electrons. The van der Waals surface area contributed by atoms with Gasteiger partial charge in [-0.3, -0.25) is 0 Å². The Bertz CT molecular complexity index is 378. The van der Waals surface area contributed by atoms with Crippen LogP contribution in [-0.4, -0.2) is 33.5 Å². The second-order valence-corrected chi connectivity index (χ2v) is 4.71. The average molecular weight is 281 g/mol. The van der Waals surface area contributed by atoms with Crippen molar-refractivity contribution in [1.29, 1.82) is 0 Å². The van der Waals surface area contributed by atoms with Crippen molar-refractivity contribution in [2.24, 2.45) is 0 Å². The van der Waals surface area contributed by atoms with Crippen LogP contribution in [0.3, 0.4) is 0 Å². The first-order valence-electron chi connectivity index (χ1n) is 7.28. The van der Waals surface area contributed by atoms with Gasteiger partial charge in [-0.1, -0.05) is 19.9 Å². The van der Waals surface area contributed by atoms with Crippen LogP contribution in [0.1, 0.15) is 32.3 Å². The number of rotatable bonds is 10. The summed E-state index contributed by atoms with van der Waals surface area (Å²) in [6, 6.07) is 6.07. The maximum atomic E-state index is 6.03. The minimum Gasteiger partial charge on any atom is -0.493 e. The van der Waals surface area contributed by atoms with E-state index in [1.165, 1.54) is 5.56 Å². The molecule has 0 saturated heterocycles. The van der Waals surface area contributed by atoms with Crippen LogP contribution in [0.2, 0.25) is 0 Å². The van der Waals surface area contributed by atoms with E-state index in [2.05, 4.69) is 31.3 Å². The standard InChI is InChI=1S/C16H27NO3/c1-5-14(6-2)20-16-11-13(7-8-15(16)19-4)12-17-9-10-18-3/h7-8,11,14,17H,5-6,9-10,12H2,1-4H3. The van der Waals surface area contributed by atoms with E-state index in [0.29, 0.717) is 6.61 Å². The minimum absolute atomic E-state index is 0.237. The van der Waals surface area contributed by atoms with E-state index in [0.717, 1.165) is 37.4 Å². The number of nitrogens with one attached hydrogen (secondary N) is 1. The van der Waals surface area contributed by atoms with Crippen molar-refractivity contribution in [2.75, 3.05) is 27.4 Å². The lowest BCUT2D eigenvalue weighted by atomic mass is 10.2. The van der Waals surface area contributed by atoms with Crippen LogP contribution in [0.5, 0.6) is 11.5 Å². The predicted octanol–water partition coefficient (Wildman–Crippen LogP) is 3.00. The van der Waals surface area contributed by atoms with Gasteiger partial charge in [-0.05, 0) is 30.5 Å². The highest BCUT2D eigenvalue weighted by atomic mass is 16.5. The molecule has 0 unspecified atom stereocenters. The Labute approximate surface area is 122 Å². The highest BCUT2D eigenvalue weighted by Gasteiger charge is 2.11. The molecule has 4 nitrogen and oxygen atoms in total. The quantitative estimate of drug-likeness (QED) is 0.669. The molecule has 1 aromatic rings. The third-order valence-electron chi connectivity index (χ3n) is 3.24. The lowest BCUT2D eigenvalue weighted by molar-refractivity contribution is 0.184. The van der Waals surface area contributed by atoms with Gasteiger partial charge in [0.2, 0.25) is 0 Å². The Hall–Kier alpha value is -1.26. The minimum atomic E-state index is 0.237. The molecule has 1 N–H and O–H groups in total. The van der Waals surface area contributed by atoms with E-state index >= 15 is 0 Å². The van der Waals surface area contributed by atoms with Crippen LogP contribution in [0.4, 0.5) is 0 Å². The summed E-state index contributed by atoms with van der Waals surface area (Å²) >= 11 is 0. The summed E-state index contributed by atoms with van der Waals surface area (Å²) in [5.41, 5.74) is 1.18. The maximum absolute atomic E-state index is 6.03. The number of benzene rings is 1. The molecule has 1 aromatic carbocycles. The topological polar surface area (TPSA) is 39.7 Å². The van der Waals surface area contributed by atoms with Gasteiger partial charge >= 0.3 is 0 Å². The van der Waals surface area contributed by atoms with Crippen molar-refractivity contribution in [3.05, 3.63) is 23.8 Å². The van der Waals surface area contributed by atoms with Gasteiger partial charge in [0.1, 0.15) is 0 Å². The molecular formula is C16H27NO3. The maximum Gasteiger partial charge on any atom is 0.161 e. The molecule has 20 heavy (non-hydrogen) atoms. The van der Waals surface area contributed by atoms with Crippen LogP contribution in [0, 0.1) is 0 Å². The largest absolute Gasteiger partial charge is 0.493 e. The van der Waals surface area contributed by atoms with E-state index < -0.39 is 0 Å². The highest BCUT2D eigenvalue weighted by Crippen LogP contribution is 2.29. The van der Waals surface area contributed by atoms with Gasteiger partial charge in [0.05, 0.1) is 19.8 Å². The van der Waals surface area contributed by atoms with Crippen LogP contribution in [0.15, 0.2) is 18.2 Å². The molecule has 0 atom stereocenters. The highest BCUT2D eigenvalue weighted by molar-refractivity contribution is 5.43. The van der Waals surface area contributed by atoms with E-state index in [-0.39, 0.29) is 6.10 Å². The fourth-order valence-corrected chi connectivity index (χ4v) is 1.97. The Morgan fingerprint density at radius 2 is 1.85 bits per heavy atom. The second kappa shape index (κ2) is 9.61. The molecule has 0 fully saturated rings. The van der Waals surface area contributed by atoms with E-state index in [9.17, 15) is 0 Å². The third kappa shape index (κ3) is 5.39. The lowest BCUT2D eigenvalue weighted by Gasteiger charge is -2.18. The molecule has 0 saturated carbocycles. The Kier molecular flexibility index (Phi) is 8.07. The summed E-state index contributed by atoms with van der Waals surface area (Å²) in [7, 11) is 3.38. The molecule has 0 bridgehead atoms. The Morgan fingerprint density at radius 1 is 1.10 bits per heavy atom. The molecule has 114 valence electrons. The first-order valence-corrected chi connectivity index (χ1v) is 7.28. The Balaban J connectivity index is 2.69. The second-order valence-electron chi connectivity index (χ2n) is 4.71. The van der Waals surface area contributed by atoms with E-state index in [1.54, 1.807) is 14.2 Å². The number of hydrogen-bond donors (Lipinski definition) is 1. The number of methoxy groups -OCH3 is 2. The first kappa shape index (κ1) is 16.8. The van der Waals surface area contributed by atoms with Gasteiger partial charge in [-0.2, -0.15) is 0 Å². The molecule has 0 aliphatic carbocycles. The van der Waals surface area contributed by atoms with E-state index in [1.807, 2.05) is 6.07 Å². The number of ether oxygens (including phenoxy) is 3. The first-order chi connectivity index (χ1) is 9.74. The third-order valence-corrected chi connectivity index (χ3v) is 3.24. The van der Waals surface area contributed by atoms with Gasteiger partial charge in [-0.15, -0.1) is 0 Å². The summed E-state index contributed by atoms with van der Waals surface area (Å²) < 4.78 is 16.4. The van der Waals surface area contributed by atoms with Crippen molar-refractivity contribution in [3.8, 4) is 11.5 Å². The van der Waals surface area contributed by atoms with Crippen molar-refractivity contribution < 1.29 is 14.2 Å². The zero-order valence-electron chi connectivity index (χ0n) is 13.1. The molecule has 0 aliphatic rings. The summed E-state index contributed by atoms with van der Waals surface area (Å²) in [4.78, 5) is 0. The summed E-state index contributed by atoms with van der Waals surface area (Å²) in [5.74, 6) is 1.62. The predicted molar refractivity (Wildman–Crippen MR) is 81.6 cm³/mol. The van der Waals surface area contributed by atoms with Gasteiger partial charge in [0.15, 0.2) is 11.5 Å².